The molecule has 0 fully saturated rings. The Morgan fingerprint density at radius 3 is 2.58 bits per heavy atom. The third-order valence-electron chi connectivity index (χ3n) is 3.57. The van der Waals surface area contributed by atoms with Crippen molar-refractivity contribution in [3.8, 4) is 6.01 Å². The van der Waals surface area contributed by atoms with E-state index in [-0.39, 0.29) is 5.04 Å². The Hall–Kier alpha value is -1.08. The molecule has 0 spiro atoms. The van der Waals surface area contributed by atoms with E-state index in [9.17, 15) is 0 Å². The molecule has 0 aliphatic heterocycles. The number of hydrogen-bond donors (Lipinski definition) is 1. The van der Waals surface area contributed by atoms with E-state index in [1.807, 2.05) is 6.07 Å². The molecule has 0 saturated carbocycles. The molecule has 5 nitrogen and oxygen atoms in total. The lowest BCUT2D eigenvalue weighted by atomic mass is 10.2. The van der Waals surface area contributed by atoms with Crippen molar-refractivity contribution in [1.82, 2.24) is 19.6 Å². The lowest BCUT2D eigenvalue weighted by Crippen LogP contribution is -2.44. The number of thiol groups is 1. The van der Waals surface area contributed by atoms with Gasteiger partial charge in [0.05, 0.1) is 11.9 Å². The largest absolute Gasteiger partial charge is 0.517 e. The Labute approximate surface area is 120 Å². The second-order valence-corrected chi connectivity index (χ2v) is 11.1. The summed E-state index contributed by atoms with van der Waals surface area (Å²) >= 11 is 4.23. The van der Waals surface area contributed by atoms with E-state index in [1.54, 1.807) is 10.7 Å². The maximum Gasteiger partial charge on any atom is 0.307 e. The normalized spacial score (nSPS) is 12.9. The smallest absolute Gasteiger partial charge is 0.307 e. The molecule has 2 aromatic heterocycles. The van der Waals surface area contributed by atoms with E-state index in [0.717, 1.165) is 5.65 Å². The fourth-order valence-electron chi connectivity index (χ4n) is 1.36. The number of rotatable bonds is 3. The van der Waals surface area contributed by atoms with Gasteiger partial charge >= 0.3 is 6.01 Å². The Morgan fingerprint density at radius 2 is 2.00 bits per heavy atom. The zero-order valence-electron chi connectivity index (χ0n) is 12.0. The lowest BCUT2D eigenvalue weighted by molar-refractivity contribution is 0.440. The molecule has 0 aliphatic carbocycles. The predicted octanol–water partition coefficient (Wildman–Crippen LogP) is 2.94. The molecule has 0 N–H and O–H groups in total. The first-order chi connectivity index (χ1) is 8.74. The molecule has 0 unspecified atom stereocenters. The number of hydrogen-bond acceptors (Lipinski definition) is 5. The van der Waals surface area contributed by atoms with Crippen molar-refractivity contribution >= 4 is 26.6 Å². The Kier molecular flexibility index (Phi) is 3.61. The van der Waals surface area contributed by atoms with Crippen molar-refractivity contribution in [1.29, 1.82) is 0 Å². The van der Waals surface area contributed by atoms with Crippen molar-refractivity contribution in [3.05, 3.63) is 18.1 Å². The van der Waals surface area contributed by atoms with E-state index in [4.69, 9.17) is 4.43 Å². The van der Waals surface area contributed by atoms with Crippen molar-refractivity contribution in [2.24, 2.45) is 0 Å². The van der Waals surface area contributed by atoms with E-state index in [0.29, 0.717) is 17.6 Å². The first kappa shape index (κ1) is 14.3. The van der Waals surface area contributed by atoms with Gasteiger partial charge in [-0.15, -0.1) is 0 Å². The summed E-state index contributed by atoms with van der Waals surface area (Å²) in [5.41, 5.74) is 0.743. The van der Waals surface area contributed by atoms with Gasteiger partial charge in [-0.05, 0) is 18.1 Å². The molecule has 0 bridgehead atoms. The summed E-state index contributed by atoms with van der Waals surface area (Å²) in [6.07, 6.45) is 1.70. The molecule has 0 atom stereocenters. The van der Waals surface area contributed by atoms with Gasteiger partial charge in [0.15, 0.2) is 5.65 Å². The maximum absolute atomic E-state index is 6.23. The number of fused-ring (bicyclic) bond motifs is 1. The SMILES string of the molecule is CC(C)(C)[Si](C)(C)Oc1nc(CS)nc2ccnn12. The summed E-state index contributed by atoms with van der Waals surface area (Å²) in [6.45, 7) is 11.0. The standard InChI is InChI=1S/C12H20N4OSSi/c1-12(2,3)19(4,5)17-11-15-9(8-18)14-10-6-7-13-16(10)11/h6-7,18H,8H2,1-5H3. The van der Waals surface area contributed by atoms with Crippen LogP contribution in [0, 0.1) is 0 Å². The highest BCUT2D eigenvalue weighted by Crippen LogP contribution is 2.36. The highest BCUT2D eigenvalue weighted by molar-refractivity contribution is 7.79. The second kappa shape index (κ2) is 4.79. The monoisotopic (exact) mass is 296 g/mol. The van der Waals surface area contributed by atoms with Crippen LogP contribution in [-0.4, -0.2) is 27.9 Å². The van der Waals surface area contributed by atoms with Crippen LogP contribution in [0.1, 0.15) is 26.6 Å². The average molecular weight is 296 g/mol. The summed E-state index contributed by atoms with van der Waals surface area (Å²) < 4.78 is 7.88. The minimum atomic E-state index is -1.95. The third kappa shape index (κ3) is 2.76. The van der Waals surface area contributed by atoms with Crippen LogP contribution in [0.5, 0.6) is 6.01 Å². The molecule has 104 valence electrons. The van der Waals surface area contributed by atoms with Gasteiger partial charge < -0.3 is 4.43 Å². The minimum Gasteiger partial charge on any atom is -0.517 e. The fraction of sp³-hybridized carbons (Fsp3) is 0.583. The zero-order chi connectivity index (χ0) is 14.3. The Morgan fingerprint density at radius 1 is 1.32 bits per heavy atom. The minimum absolute atomic E-state index is 0.110. The fourth-order valence-corrected chi connectivity index (χ4v) is 2.40. The molecule has 0 saturated heterocycles. The summed E-state index contributed by atoms with van der Waals surface area (Å²) in [7, 11) is -1.95. The summed E-state index contributed by atoms with van der Waals surface area (Å²) in [5.74, 6) is 1.14. The van der Waals surface area contributed by atoms with Crippen LogP contribution in [0.3, 0.4) is 0 Å². The van der Waals surface area contributed by atoms with Crippen molar-refractivity contribution in [2.75, 3.05) is 0 Å². The van der Waals surface area contributed by atoms with Crippen LogP contribution in [0.2, 0.25) is 18.1 Å². The first-order valence-electron chi connectivity index (χ1n) is 6.25. The van der Waals surface area contributed by atoms with Crippen LogP contribution >= 0.6 is 12.6 Å². The van der Waals surface area contributed by atoms with Gasteiger partial charge in [0, 0.05) is 6.07 Å². The zero-order valence-corrected chi connectivity index (χ0v) is 13.9. The molecule has 19 heavy (non-hydrogen) atoms. The van der Waals surface area contributed by atoms with Crippen LogP contribution in [0.15, 0.2) is 12.3 Å². The van der Waals surface area contributed by atoms with E-state index >= 15 is 0 Å². The van der Waals surface area contributed by atoms with Gasteiger partial charge in [-0.3, -0.25) is 0 Å². The van der Waals surface area contributed by atoms with Gasteiger partial charge in [-0.1, -0.05) is 20.8 Å². The van der Waals surface area contributed by atoms with E-state index < -0.39 is 8.32 Å². The summed E-state index contributed by atoms with van der Waals surface area (Å²) in [5, 5.41) is 4.33. The summed E-state index contributed by atoms with van der Waals surface area (Å²) in [6, 6.07) is 2.36. The van der Waals surface area contributed by atoms with Gasteiger partial charge in [0.25, 0.3) is 8.32 Å². The second-order valence-electron chi connectivity index (χ2n) is 6.04. The van der Waals surface area contributed by atoms with Crippen LogP contribution in [0.4, 0.5) is 0 Å². The lowest BCUT2D eigenvalue weighted by Gasteiger charge is -2.35. The number of aromatic nitrogens is 4. The molecule has 0 amide bonds. The molecule has 0 radical (unpaired) electrons. The van der Waals surface area contributed by atoms with Crippen LogP contribution in [0.25, 0.3) is 5.65 Å². The quantitative estimate of drug-likeness (QED) is 0.699. The van der Waals surface area contributed by atoms with Crippen molar-refractivity contribution in [3.63, 3.8) is 0 Å². The molecule has 2 heterocycles. The molecule has 2 aromatic rings. The van der Waals surface area contributed by atoms with Gasteiger partial charge in [0.1, 0.15) is 5.82 Å². The number of nitrogens with zero attached hydrogens (tertiary/aromatic N) is 4. The Balaban J connectivity index is 2.47. The average Bonchev–Trinajstić information content (AvgIpc) is 2.75. The highest BCUT2D eigenvalue weighted by atomic mass is 32.1. The van der Waals surface area contributed by atoms with E-state index in [1.165, 1.54) is 0 Å². The molecular weight excluding hydrogens is 276 g/mol. The summed E-state index contributed by atoms with van der Waals surface area (Å²) in [4.78, 5) is 8.77. The molecule has 0 aliphatic rings. The predicted molar refractivity (Wildman–Crippen MR) is 81.3 cm³/mol. The topological polar surface area (TPSA) is 52.3 Å². The maximum atomic E-state index is 6.23. The van der Waals surface area contributed by atoms with E-state index in [2.05, 4.69) is 61.6 Å². The van der Waals surface area contributed by atoms with Crippen molar-refractivity contribution in [2.45, 2.75) is 44.7 Å². The van der Waals surface area contributed by atoms with Crippen LogP contribution in [-0.2, 0) is 5.75 Å². The van der Waals surface area contributed by atoms with Gasteiger partial charge in [-0.25, -0.2) is 4.98 Å². The third-order valence-corrected chi connectivity index (χ3v) is 8.15. The van der Waals surface area contributed by atoms with Gasteiger partial charge in [-0.2, -0.15) is 27.2 Å². The van der Waals surface area contributed by atoms with Crippen molar-refractivity contribution < 1.29 is 4.43 Å². The first-order valence-corrected chi connectivity index (χ1v) is 9.79. The molecule has 7 heteroatoms. The molecular formula is C12H20N4OSSi. The highest BCUT2D eigenvalue weighted by Gasteiger charge is 2.40. The molecule has 2 rings (SSSR count). The van der Waals surface area contributed by atoms with Crippen LogP contribution < -0.4 is 4.43 Å². The van der Waals surface area contributed by atoms with Gasteiger partial charge in [0.2, 0.25) is 0 Å². The molecule has 0 aromatic carbocycles. The Bertz CT molecular complexity index is 591.